The van der Waals surface area contributed by atoms with Crippen molar-refractivity contribution in [3.63, 3.8) is 0 Å². The Labute approximate surface area is 99.2 Å². The van der Waals surface area contributed by atoms with Crippen LogP contribution in [0.4, 0.5) is 4.39 Å². The first-order valence-electron chi connectivity index (χ1n) is 5.34. The molecular formula is C12H15FN4. The molecule has 0 aliphatic carbocycles. The van der Waals surface area contributed by atoms with Gasteiger partial charge in [-0.3, -0.25) is 10.5 Å². The maximum atomic E-state index is 13.7. The SMILES string of the molecule is Cc1c(C(NN)c2ccccc2F)cnn1C. The normalized spacial score (nSPS) is 12.7. The molecule has 0 spiro atoms. The maximum absolute atomic E-state index is 13.7. The predicted molar refractivity (Wildman–Crippen MR) is 63.5 cm³/mol. The summed E-state index contributed by atoms with van der Waals surface area (Å²) in [6.07, 6.45) is 1.70. The molecule has 1 atom stereocenters. The van der Waals surface area contributed by atoms with Crippen molar-refractivity contribution >= 4 is 0 Å². The van der Waals surface area contributed by atoms with E-state index in [0.29, 0.717) is 5.56 Å². The molecule has 2 aromatic rings. The van der Waals surface area contributed by atoms with E-state index < -0.39 is 0 Å². The zero-order chi connectivity index (χ0) is 12.4. The third kappa shape index (κ3) is 2.07. The van der Waals surface area contributed by atoms with Crippen LogP contribution in [0.2, 0.25) is 0 Å². The Morgan fingerprint density at radius 1 is 1.35 bits per heavy atom. The van der Waals surface area contributed by atoms with Gasteiger partial charge in [0.25, 0.3) is 0 Å². The molecule has 90 valence electrons. The Morgan fingerprint density at radius 2 is 2.06 bits per heavy atom. The molecule has 1 heterocycles. The molecule has 17 heavy (non-hydrogen) atoms. The van der Waals surface area contributed by atoms with Crippen LogP contribution in [-0.2, 0) is 7.05 Å². The molecule has 0 saturated carbocycles. The second kappa shape index (κ2) is 4.65. The highest BCUT2D eigenvalue weighted by Crippen LogP contribution is 2.25. The molecule has 0 saturated heterocycles. The number of rotatable bonds is 3. The highest BCUT2D eigenvalue weighted by Gasteiger charge is 2.20. The largest absolute Gasteiger partial charge is 0.273 e. The summed E-state index contributed by atoms with van der Waals surface area (Å²) in [6.45, 7) is 1.92. The van der Waals surface area contributed by atoms with Crippen molar-refractivity contribution in [1.29, 1.82) is 0 Å². The number of benzene rings is 1. The average molecular weight is 234 g/mol. The van der Waals surface area contributed by atoms with Gasteiger partial charge in [-0.1, -0.05) is 18.2 Å². The molecule has 3 N–H and O–H groups in total. The van der Waals surface area contributed by atoms with E-state index in [1.165, 1.54) is 6.07 Å². The summed E-state index contributed by atoms with van der Waals surface area (Å²) in [4.78, 5) is 0. The number of aromatic nitrogens is 2. The van der Waals surface area contributed by atoms with Crippen molar-refractivity contribution in [1.82, 2.24) is 15.2 Å². The summed E-state index contributed by atoms with van der Waals surface area (Å²) < 4.78 is 15.5. The molecule has 5 heteroatoms. The molecule has 1 aromatic heterocycles. The second-order valence-electron chi connectivity index (χ2n) is 3.93. The van der Waals surface area contributed by atoms with E-state index in [-0.39, 0.29) is 11.9 Å². The van der Waals surface area contributed by atoms with Crippen LogP contribution < -0.4 is 11.3 Å². The van der Waals surface area contributed by atoms with Crippen molar-refractivity contribution < 1.29 is 4.39 Å². The van der Waals surface area contributed by atoms with Gasteiger partial charge in [0.05, 0.1) is 12.2 Å². The third-order valence-corrected chi connectivity index (χ3v) is 2.97. The lowest BCUT2D eigenvalue weighted by atomic mass is 9.99. The number of nitrogens with zero attached hydrogens (tertiary/aromatic N) is 2. The second-order valence-corrected chi connectivity index (χ2v) is 3.93. The molecule has 1 aromatic carbocycles. The van der Waals surface area contributed by atoms with Gasteiger partial charge < -0.3 is 0 Å². The number of hydrazine groups is 1. The topological polar surface area (TPSA) is 55.9 Å². The quantitative estimate of drug-likeness (QED) is 0.624. The molecule has 1 unspecified atom stereocenters. The van der Waals surface area contributed by atoms with Crippen LogP contribution in [0.3, 0.4) is 0 Å². The van der Waals surface area contributed by atoms with Crippen LogP contribution in [-0.4, -0.2) is 9.78 Å². The summed E-state index contributed by atoms with van der Waals surface area (Å²) >= 11 is 0. The van der Waals surface area contributed by atoms with Gasteiger partial charge >= 0.3 is 0 Å². The van der Waals surface area contributed by atoms with Gasteiger partial charge in [0, 0.05) is 23.9 Å². The monoisotopic (exact) mass is 234 g/mol. The first-order valence-corrected chi connectivity index (χ1v) is 5.34. The zero-order valence-corrected chi connectivity index (χ0v) is 9.81. The fourth-order valence-corrected chi connectivity index (χ4v) is 1.86. The van der Waals surface area contributed by atoms with Crippen LogP contribution in [0.5, 0.6) is 0 Å². The Kier molecular flexibility index (Phi) is 3.21. The van der Waals surface area contributed by atoms with Crippen LogP contribution >= 0.6 is 0 Å². The zero-order valence-electron chi connectivity index (χ0n) is 9.81. The van der Waals surface area contributed by atoms with E-state index in [0.717, 1.165) is 11.3 Å². The van der Waals surface area contributed by atoms with Gasteiger partial charge in [-0.15, -0.1) is 0 Å². The molecule has 0 fully saturated rings. The van der Waals surface area contributed by atoms with E-state index >= 15 is 0 Å². The van der Waals surface area contributed by atoms with Crippen LogP contribution in [0.1, 0.15) is 22.9 Å². The summed E-state index contributed by atoms with van der Waals surface area (Å²) in [5.41, 5.74) is 4.99. The Morgan fingerprint density at radius 3 is 2.59 bits per heavy atom. The van der Waals surface area contributed by atoms with Crippen molar-refractivity contribution in [2.24, 2.45) is 12.9 Å². The van der Waals surface area contributed by atoms with Gasteiger partial charge in [-0.05, 0) is 13.0 Å². The Balaban J connectivity index is 2.48. The number of nitrogens with one attached hydrogen (secondary N) is 1. The number of hydrogen-bond donors (Lipinski definition) is 2. The minimum absolute atomic E-state index is 0.279. The predicted octanol–water partition coefficient (Wildman–Crippen LogP) is 1.42. The standard InChI is InChI=1S/C12H15FN4/c1-8-10(7-15-17(8)2)12(16-14)9-5-3-4-6-11(9)13/h3-7,12,16H,14H2,1-2H3. The van der Waals surface area contributed by atoms with E-state index in [1.54, 1.807) is 29.1 Å². The number of nitrogens with two attached hydrogens (primary N) is 1. The molecule has 0 aliphatic rings. The highest BCUT2D eigenvalue weighted by molar-refractivity contribution is 5.33. The molecule has 0 amide bonds. The molecule has 0 bridgehead atoms. The van der Waals surface area contributed by atoms with Crippen molar-refractivity contribution in [2.45, 2.75) is 13.0 Å². The molecule has 0 aliphatic heterocycles. The summed E-state index contributed by atoms with van der Waals surface area (Å²) in [6, 6.07) is 6.19. The van der Waals surface area contributed by atoms with Gasteiger partial charge in [-0.25, -0.2) is 9.82 Å². The first-order chi connectivity index (χ1) is 8.15. The van der Waals surface area contributed by atoms with Crippen molar-refractivity contribution in [3.05, 3.63) is 53.1 Å². The van der Waals surface area contributed by atoms with E-state index in [9.17, 15) is 4.39 Å². The lowest BCUT2D eigenvalue weighted by Gasteiger charge is -2.16. The summed E-state index contributed by atoms with van der Waals surface area (Å²) in [7, 11) is 1.84. The molecule has 4 nitrogen and oxygen atoms in total. The lowest BCUT2D eigenvalue weighted by molar-refractivity contribution is 0.558. The van der Waals surface area contributed by atoms with Crippen molar-refractivity contribution in [3.8, 4) is 0 Å². The maximum Gasteiger partial charge on any atom is 0.128 e. The summed E-state index contributed by atoms with van der Waals surface area (Å²) in [5, 5.41) is 4.14. The van der Waals surface area contributed by atoms with Crippen LogP contribution in [0.25, 0.3) is 0 Å². The first kappa shape index (κ1) is 11.8. The molecule has 0 radical (unpaired) electrons. The molecular weight excluding hydrogens is 219 g/mol. The number of hydrogen-bond acceptors (Lipinski definition) is 3. The number of aryl methyl sites for hydroxylation is 1. The number of halogens is 1. The average Bonchev–Trinajstić information content (AvgIpc) is 2.65. The summed E-state index contributed by atoms with van der Waals surface area (Å²) in [5.74, 6) is 5.25. The van der Waals surface area contributed by atoms with Gasteiger partial charge in [0.15, 0.2) is 0 Å². The van der Waals surface area contributed by atoms with E-state index in [1.807, 2.05) is 14.0 Å². The fraction of sp³-hybridized carbons (Fsp3) is 0.250. The minimum atomic E-state index is -0.384. The van der Waals surface area contributed by atoms with Crippen molar-refractivity contribution in [2.75, 3.05) is 0 Å². The smallest absolute Gasteiger partial charge is 0.128 e. The van der Waals surface area contributed by atoms with Crippen LogP contribution in [0.15, 0.2) is 30.5 Å². The minimum Gasteiger partial charge on any atom is -0.273 e. The van der Waals surface area contributed by atoms with Gasteiger partial charge in [0.2, 0.25) is 0 Å². The van der Waals surface area contributed by atoms with Crippen LogP contribution in [0, 0.1) is 12.7 Å². The lowest BCUT2D eigenvalue weighted by Crippen LogP contribution is -2.29. The third-order valence-electron chi connectivity index (χ3n) is 2.97. The molecule has 2 rings (SSSR count). The van der Waals surface area contributed by atoms with E-state index in [2.05, 4.69) is 10.5 Å². The van der Waals surface area contributed by atoms with Gasteiger partial charge in [-0.2, -0.15) is 5.10 Å². The Hall–Kier alpha value is -1.72. The van der Waals surface area contributed by atoms with E-state index in [4.69, 9.17) is 5.84 Å². The highest BCUT2D eigenvalue weighted by atomic mass is 19.1. The van der Waals surface area contributed by atoms with Gasteiger partial charge in [0.1, 0.15) is 5.82 Å². The fourth-order valence-electron chi connectivity index (χ4n) is 1.86. The Bertz CT molecular complexity index is 521.